The smallest absolute Gasteiger partial charge is 0.0208 e. The highest BCUT2D eigenvalue weighted by atomic mass is 14.9. The maximum Gasteiger partial charge on any atom is 0.0208 e. The van der Waals surface area contributed by atoms with Gasteiger partial charge in [0.25, 0.3) is 0 Å². The summed E-state index contributed by atoms with van der Waals surface area (Å²) in [4.78, 5) is 0. The second-order valence-corrected chi connectivity index (χ2v) is 6.10. The highest BCUT2D eigenvalue weighted by Crippen LogP contribution is 2.23. The lowest BCUT2D eigenvalue weighted by molar-refractivity contribution is 0.404. The lowest BCUT2D eigenvalue weighted by Crippen LogP contribution is -2.35. The number of nitrogens with one attached hydrogen (secondary N) is 2. The molecule has 0 aliphatic carbocycles. The van der Waals surface area contributed by atoms with Crippen LogP contribution in [0.1, 0.15) is 56.6 Å². The molecule has 2 heteroatoms. The van der Waals surface area contributed by atoms with Gasteiger partial charge in [-0.3, -0.25) is 0 Å². The molecule has 2 atom stereocenters. The standard InChI is InChI=1S/C18H30N2/c1-3-5-8-15(4-2)11-19-13-17-14-20-12-16-9-6-7-10-18(16)17/h6-7,9-10,15,17,19-20H,3-5,8,11-14H2,1-2H3. The molecule has 2 rings (SSSR count). The van der Waals surface area contributed by atoms with Crippen molar-refractivity contribution in [3.8, 4) is 0 Å². The molecule has 0 bridgehead atoms. The van der Waals surface area contributed by atoms with Gasteiger partial charge in [-0.05, 0) is 30.0 Å². The first-order valence-corrected chi connectivity index (χ1v) is 8.34. The average molecular weight is 274 g/mol. The molecule has 112 valence electrons. The van der Waals surface area contributed by atoms with Crippen molar-refractivity contribution < 1.29 is 0 Å². The van der Waals surface area contributed by atoms with Crippen LogP contribution in [0.4, 0.5) is 0 Å². The van der Waals surface area contributed by atoms with Gasteiger partial charge in [-0.25, -0.2) is 0 Å². The zero-order valence-electron chi connectivity index (χ0n) is 13.1. The van der Waals surface area contributed by atoms with E-state index in [1.54, 1.807) is 5.56 Å². The minimum Gasteiger partial charge on any atom is -0.316 e. The van der Waals surface area contributed by atoms with Gasteiger partial charge in [0.05, 0.1) is 0 Å². The van der Waals surface area contributed by atoms with E-state index in [9.17, 15) is 0 Å². The van der Waals surface area contributed by atoms with Crippen LogP contribution in [0.3, 0.4) is 0 Å². The Morgan fingerprint density at radius 2 is 2.15 bits per heavy atom. The molecular weight excluding hydrogens is 244 g/mol. The van der Waals surface area contributed by atoms with Crippen molar-refractivity contribution in [2.24, 2.45) is 5.92 Å². The van der Waals surface area contributed by atoms with E-state index < -0.39 is 0 Å². The Hall–Kier alpha value is -0.860. The number of benzene rings is 1. The molecule has 0 fully saturated rings. The zero-order chi connectivity index (χ0) is 14.2. The van der Waals surface area contributed by atoms with E-state index in [1.807, 2.05) is 0 Å². The molecule has 1 heterocycles. The third-order valence-corrected chi connectivity index (χ3v) is 4.57. The van der Waals surface area contributed by atoms with Gasteiger partial charge in [-0.2, -0.15) is 0 Å². The second kappa shape index (κ2) is 8.43. The number of unbranched alkanes of at least 4 members (excludes halogenated alkanes) is 1. The third kappa shape index (κ3) is 4.32. The summed E-state index contributed by atoms with van der Waals surface area (Å²) in [6, 6.07) is 8.88. The topological polar surface area (TPSA) is 24.1 Å². The van der Waals surface area contributed by atoms with Crippen LogP contribution in [-0.4, -0.2) is 19.6 Å². The first-order valence-electron chi connectivity index (χ1n) is 8.34. The highest BCUT2D eigenvalue weighted by Gasteiger charge is 2.19. The van der Waals surface area contributed by atoms with Crippen molar-refractivity contribution in [1.82, 2.24) is 10.6 Å². The van der Waals surface area contributed by atoms with Gasteiger partial charge >= 0.3 is 0 Å². The van der Waals surface area contributed by atoms with Crippen LogP contribution < -0.4 is 10.6 Å². The van der Waals surface area contributed by atoms with Gasteiger partial charge < -0.3 is 10.6 Å². The van der Waals surface area contributed by atoms with Crippen molar-refractivity contribution in [2.45, 2.75) is 52.0 Å². The van der Waals surface area contributed by atoms with Gasteiger partial charge in [0.15, 0.2) is 0 Å². The molecule has 1 aromatic rings. The van der Waals surface area contributed by atoms with Crippen LogP contribution in [0, 0.1) is 5.92 Å². The fourth-order valence-corrected chi connectivity index (χ4v) is 3.17. The molecule has 2 nitrogen and oxygen atoms in total. The lowest BCUT2D eigenvalue weighted by atomic mass is 9.90. The molecule has 20 heavy (non-hydrogen) atoms. The maximum atomic E-state index is 3.72. The van der Waals surface area contributed by atoms with Crippen molar-refractivity contribution in [1.29, 1.82) is 0 Å². The normalized spacial score (nSPS) is 19.6. The van der Waals surface area contributed by atoms with Gasteiger partial charge in [-0.15, -0.1) is 0 Å². The Balaban J connectivity index is 1.80. The first kappa shape index (κ1) is 15.5. The fourth-order valence-electron chi connectivity index (χ4n) is 3.17. The maximum absolute atomic E-state index is 3.72. The molecule has 0 spiro atoms. The van der Waals surface area contributed by atoms with Gasteiger partial charge in [0, 0.05) is 25.6 Å². The third-order valence-electron chi connectivity index (χ3n) is 4.57. The molecule has 1 aromatic carbocycles. The van der Waals surface area contributed by atoms with Crippen molar-refractivity contribution in [3.05, 3.63) is 35.4 Å². The number of fused-ring (bicyclic) bond motifs is 1. The van der Waals surface area contributed by atoms with Crippen LogP contribution in [0.15, 0.2) is 24.3 Å². The van der Waals surface area contributed by atoms with Crippen LogP contribution in [0.5, 0.6) is 0 Å². The molecule has 0 saturated carbocycles. The van der Waals surface area contributed by atoms with E-state index in [0.717, 1.165) is 25.6 Å². The van der Waals surface area contributed by atoms with Crippen LogP contribution in [0.2, 0.25) is 0 Å². The molecular formula is C18H30N2. The lowest BCUT2D eigenvalue weighted by Gasteiger charge is -2.27. The zero-order valence-corrected chi connectivity index (χ0v) is 13.1. The Kier molecular flexibility index (Phi) is 6.55. The predicted molar refractivity (Wildman–Crippen MR) is 87.1 cm³/mol. The van der Waals surface area contributed by atoms with Crippen LogP contribution in [-0.2, 0) is 6.54 Å². The van der Waals surface area contributed by atoms with E-state index in [0.29, 0.717) is 5.92 Å². The largest absolute Gasteiger partial charge is 0.316 e. The van der Waals surface area contributed by atoms with E-state index in [1.165, 1.54) is 37.8 Å². The fraction of sp³-hybridized carbons (Fsp3) is 0.667. The quantitative estimate of drug-likeness (QED) is 0.755. The summed E-state index contributed by atoms with van der Waals surface area (Å²) >= 11 is 0. The summed E-state index contributed by atoms with van der Waals surface area (Å²) in [5.41, 5.74) is 3.02. The van der Waals surface area contributed by atoms with Crippen LogP contribution in [0.25, 0.3) is 0 Å². The van der Waals surface area contributed by atoms with E-state index in [2.05, 4.69) is 48.7 Å². The minimum atomic E-state index is 0.628. The summed E-state index contributed by atoms with van der Waals surface area (Å²) < 4.78 is 0. The van der Waals surface area contributed by atoms with Crippen molar-refractivity contribution in [2.75, 3.05) is 19.6 Å². The van der Waals surface area contributed by atoms with E-state index in [4.69, 9.17) is 0 Å². The molecule has 0 aromatic heterocycles. The monoisotopic (exact) mass is 274 g/mol. The molecule has 1 aliphatic heterocycles. The second-order valence-electron chi connectivity index (χ2n) is 6.10. The van der Waals surface area contributed by atoms with Gasteiger partial charge in [0.2, 0.25) is 0 Å². The van der Waals surface area contributed by atoms with Gasteiger partial charge in [-0.1, -0.05) is 57.4 Å². The van der Waals surface area contributed by atoms with E-state index >= 15 is 0 Å². The molecule has 2 N–H and O–H groups in total. The summed E-state index contributed by atoms with van der Waals surface area (Å²) in [6.45, 7) is 9.02. The van der Waals surface area contributed by atoms with Crippen molar-refractivity contribution >= 4 is 0 Å². The van der Waals surface area contributed by atoms with Crippen LogP contribution >= 0.6 is 0 Å². The molecule has 1 aliphatic rings. The van der Waals surface area contributed by atoms with Crippen molar-refractivity contribution in [3.63, 3.8) is 0 Å². The highest BCUT2D eigenvalue weighted by molar-refractivity contribution is 5.32. The predicted octanol–water partition coefficient (Wildman–Crippen LogP) is 3.68. The average Bonchev–Trinajstić information content (AvgIpc) is 2.51. The summed E-state index contributed by atoms with van der Waals surface area (Å²) in [7, 11) is 0. The number of rotatable bonds is 8. The summed E-state index contributed by atoms with van der Waals surface area (Å²) in [5.74, 6) is 1.48. The number of hydrogen-bond donors (Lipinski definition) is 2. The summed E-state index contributed by atoms with van der Waals surface area (Å²) in [6.07, 6.45) is 5.36. The molecule has 2 unspecified atom stereocenters. The van der Waals surface area contributed by atoms with E-state index in [-0.39, 0.29) is 0 Å². The first-order chi connectivity index (χ1) is 9.85. The minimum absolute atomic E-state index is 0.628. The molecule has 0 radical (unpaired) electrons. The Bertz CT molecular complexity index is 389. The summed E-state index contributed by atoms with van der Waals surface area (Å²) in [5, 5.41) is 7.25. The SMILES string of the molecule is CCCCC(CC)CNCC1CNCc2ccccc21. The Labute approximate surface area is 124 Å². The molecule has 0 amide bonds. The van der Waals surface area contributed by atoms with Gasteiger partial charge in [0.1, 0.15) is 0 Å². The number of hydrogen-bond acceptors (Lipinski definition) is 2. The molecule has 0 saturated heterocycles. The Morgan fingerprint density at radius 1 is 1.30 bits per heavy atom. The Morgan fingerprint density at radius 3 is 2.95 bits per heavy atom.